The van der Waals surface area contributed by atoms with Gasteiger partial charge in [0, 0.05) is 16.5 Å². The van der Waals surface area contributed by atoms with E-state index in [2.05, 4.69) is 0 Å². The molecule has 0 spiro atoms. The van der Waals surface area contributed by atoms with E-state index >= 15 is 0 Å². The van der Waals surface area contributed by atoms with Gasteiger partial charge in [0.15, 0.2) is 0 Å². The second kappa shape index (κ2) is 8.09. The molecule has 30 heavy (non-hydrogen) atoms. The van der Waals surface area contributed by atoms with Crippen LogP contribution in [-0.4, -0.2) is 51.8 Å². The van der Waals surface area contributed by atoms with E-state index < -0.39 is 36.2 Å². The molecule has 0 radical (unpaired) electrons. The Labute approximate surface area is 183 Å². The maximum absolute atomic E-state index is 12.9. The monoisotopic (exact) mass is 452 g/mol. The Kier molecular flexibility index (Phi) is 6.03. The van der Waals surface area contributed by atoms with Crippen LogP contribution in [0.2, 0.25) is 0 Å². The van der Waals surface area contributed by atoms with Gasteiger partial charge in [-0.25, -0.2) is 4.79 Å². The first kappa shape index (κ1) is 22.4. The average Bonchev–Trinajstić information content (AvgIpc) is 3.22. The lowest BCUT2D eigenvalue weighted by molar-refractivity contribution is -0.175. The zero-order valence-electron chi connectivity index (χ0n) is 17.1. The number of esters is 2. The number of thiocarbonyl (C=S) groups is 1. The van der Waals surface area contributed by atoms with Crippen molar-refractivity contribution < 1.29 is 29.0 Å². The SMILES string of the molecule is C[C@@H](O)C1C(=O)N2C(C(=O)OCOC(=O)C(C)(C)C)=C(c3cscc3C(N)=S)CC12. The first-order valence-corrected chi connectivity index (χ1v) is 10.7. The molecule has 0 saturated carbocycles. The Bertz CT molecular complexity index is 943. The maximum atomic E-state index is 12.9. The van der Waals surface area contributed by atoms with Gasteiger partial charge in [0.05, 0.1) is 23.5 Å². The minimum Gasteiger partial charge on any atom is -0.427 e. The summed E-state index contributed by atoms with van der Waals surface area (Å²) in [6, 6.07) is -0.355. The van der Waals surface area contributed by atoms with Crippen molar-refractivity contribution in [3.63, 3.8) is 0 Å². The van der Waals surface area contributed by atoms with Crippen LogP contribution in [0.15, 0.2) is 16.5 Å². The van der Waals surface area contributed by atoms with Crippen molar-refractivity contribution in [1.82, 2.24) is 4.90 Å². The molecular formula is C20H24N2O6S2. The highest BCUT2D eigenvalue weighted by Crippen LogP contribution is 2.48. The fraction of sp³-hybridized carbons (Fsp3) is 0.500. The average molecular weight is 453 g/mol. The Morgan fingerprint density at radius 2 is 2.03 bits per heavy atom. The van der Waals surface area contributed by atoms with E-state index in [1.165, 1.54) is 16.2 Å². The summed E-state index contributed by atoms with van der Waals surface area (Å²) in [5.41, 5.74) is 7.00. The normalized spacial score (nSPS) is 21.8. The van der Waals surface area contributed by atoms with Gasteiger partial charge in [0.2, 0.25) is 12.7 Å². The molecule has 1 aromatic heterocycles. The number of hydrogen-bond donors (Lipinski definition) is 2. The van der Waals surface area contributed by atoms with Crippen molar-refractivity contribution in [2.24, 2.45) is 17.1 Å². The molecule has 0 aromatic carbocycles. The number of β-lactam (4-membered cyclic amide) rings is 1. The van der Waals surface area contributed by atoms with Gasteiger partial charge in [-0.3, -0.25) is 9.59 Å². The quantitative estimate of drug-likeness (QED) is 0.290. The summed E-state index contributed by atoms with van der Waals surface area (Å²) >= 11 is 6.48. The zero-order valence-corrected chi connectivity index (χ0v) is 18.8. The Hall–Kier alpha value is -2.30. The molecule has 1 saturated heterocycles. The van der Waals surface area contributed by atoms with Crippen LogP contribution in [-0.2, 0) is 23.9 Å². The fourth-order valence-electron chi connectivity index (χ4n) is 3.64. The number of carbonyl (C=O) groups excluding carboxylic acids is 3. The predicted octanol–water partition coefficient (Wildman–Crippen LogP) is 1.79. The van der Waals surface area contributed by atoms with Crippen molar-refractivity contribution in [3.05, 3.63) is 27.6 Å². The van der Waals surface area contributed by atoms with Gasteiger partial charge in [0.25, 0.3) is 0 Å². The highest BCUT2D eigenvalue weighted by atomic mass is 32.1. The molecule has 8 nitrogen and oxygen atoms in total. The van der Waals surface area contributed by atoms with Gasteiger partial charge < -0.3 is 25.2 Å². The number of fused-ring (bicyclic) bond motifs is 1. The van der Waals surface area contributed by atoms with Gasteiger partial charge >= 0.3 is 11.9 Å². The number of nitrogens with zero attached hydrogens (tertiary/aromatic N) is 1. The molecule has 1 amide bonds. The van der Waals surface area contributed by atoms with Gasteiger partial charge in [-0.1, -0.05) is 12.2 Å². The first-order chi connectivity index (χ1) is 13.9. The van der Waals surface area contributed by atoms with Crippen molar-refractivity contribution in [2.45, 2.75) is 46.3 Å². The van der Waals surface area contributed by atoms with Gasteiger partial charge in [-0.05, 0) is 45.1 Å². The van der Waals surface area contributed by atoms with Crippen molar-refractivity contribution in [2.75, 3.05) is 6.79 Å². The molecule has 2 unspecified atom stereocenters. The predicted molar refractivity (Wildman–Crippen MR) is 114 cm³/mol. The highest BCUT2D eigenvalue weighted by Gasteiger charge is 2.57. The number of amides is 1. The number of aliphatic hydroxyl groups excluding tert-OH is 1. The smallest absolute Gasteiger partial charge is 0.358 e. The lowest BCUT2D eigenvalue weighted by Gasteiger charge is -2.44. The van der Waals surface area contributed by atoms with Crippen LogP contribution >= 0.6 is 23.6 Å². The van der Waals surface area contributed by atoms with Crippen LogP contribution in [0.3, 0.4) is 0 Å². The number of aliphatic hydroxyl groups is 1. The number of hydrogen-bond acceptors (Lipinski definition) is 8. The molecule has 1 fully saturated rings. The highest BCUT2D eigenvalue weighted by molar-refractivity contribution is 7.80. The molecule has 3 N–H and O–H groups in total. The fourth-order valence-corrected chi connectivity index (χ4v) is 4.75. The van der Waals surface area contributed by atoms with Crippen LogP contribution in [0.1, 0.15) is 45.2 Å². The molecule has 3 rings (SSSR count). The Morgan fingerprint density at radius 3 is 2.60 bits per heavy atom. The Morgan fingerprint density at radius 1 is 1.37 bits per heavy atom. The zero-order chi connectivity index (χ0) is 22.4. The number of ether oxygens (including phenoxy) is 2. The molecule has 3 atom stereocenters. The molecule has 2 aliphatic heterocycles. The third-order valence-electron chi connectivity index (χ3n) is 5.17. The van der Waals surface area contributed by atoms with Crippen molar-refractivity contribution in [1.29, 1.82) is 0 Å². The van der Waals surface area contributed by atoms with Gasteiger partial charge in [-0.15, -0.1) is 0 Å². The third kappa shape index (κ3) is 3.86. The van der Waals surface area contributed by atoms with Gasteiger partial charge in [-0.2, -0.15) is 11.3 Å². The summed E-state index contributed by atoms with van der Waals surface area (Å²) < 4.78 is 10.2. The summed E-state index contributed by atoms with van der Waals surface area (Å²) in [6.45, 7) is 6.03. The minimum absolute atomic E-state index is 0.0737. The maximum Gasteiger partial charge on any atom is 0.358 e. The van der Waals surface area contributed by atoms with Crippen LogP contribution < -0.4 is 5.73 Å². The summed E-state index contributed by atoms with van der Waals surface area (Å²) in [5.74, 6) is -2.25. The van der Waals surface area contributed by atoms with Gasteiger partial charge in [0.1, 0.15) is 10.7 Å². The molecular weight excluding hydrogens is 428 g/mol. The minimum atomic E-state index is -0.847. The Balaban J connectivity index is 1.89. The summed E-state index contributed by atoms with van der Waals surface area (Å²) in [5, 5.41) is 13.6. The third-order valence-corrected chi connectivity index (χ3v) is 6.13. The number of rotatable bonds is 6. The van der Waals surface area contributed by atoms with Crippen LogP contribution in [0.4, 0.5) is 0 Å². The van der Waals surface area contributed by atoms with E-state index in [0.29, 0.717) is 23.1 Å². The van der Waals surface area contributed by atoms with E-state index in [0.717, 1.165) is 0 Å². The molecule has 0 aliphatic carbocycles. The van der Waals surface area contributed by atoms with Crippen LogP contribution in [0, 0.1) is 11.3 Å². The van der Waals surface area contributed by atoms with Crippen LogP contribution in [0.5, 0.6) is 0 Å². The summed E-state index contributed by atoms with van der Waals surface area (Å²) in [7, 11) is 0. The first-order valence-electron chi connectivity index (χ1n) is 9.40. The lowest BCUT2D eigenvalue weighted by Crippen LogP contribution is -2.61. The van der Waals surface area contributed by atoms with E-state index in [9.17, 15) is 19.5 Å². The number of carbonyl (C=O) groups is 3. The summed E-state index contributed by atoms with van der Waals surface area (Å²) in [4.78, 5) is 38.9. The second-order valence-corrected chi connectivity index (χ2v) is 9.55. The molecule has 1 aromatic rings. The van der Waals surface area contributed by atoms with E-state index in [1.807, 2.05) is 5.38 Å². The largest absolute Gasteiger partial charge is 0.427 e. The van der Waals surface area contributed by atoms with E-state index in [1.54, 1.807) is 33.1 Å². The number of thiophene rings is 1. The molecule has 0 bridgehead atoms. The summed E-state index contributed by atoms with van der Waals surface area (Å²) in [6.07, 6.45) is -0.486. The molecule has 2 aliphatic rings. The molecule has 10 heteroatoms. The van der Waals surface area contributed by atoms with Crippen LogP contribution in [0.25, 0.3) is 5.57 Å². The van der Waals surface area contributed by atoms with Crippen molar-refractivity contribution >= 4 is 52.0 Å². The molecule has 3 heterocycles. The van der Waals surface area contributed by atoms with E-state index in [-0.39, 0.29) is 22.6 Å². The topological polar surface area (TPSA) is 119 Å². The lowest BCUT2D eigenvalue weighted by atomic mass is 9.82. The second-order valence-electron chi connectivity index (χ2n) is 8.37. The van der Waals surface area contributed by atoms with E-state index in [4.69, 9.17) is 27.4 Å². The number of nitrogens with two attached hydrogens (primary N) is 1. The molecule has 162 valence electrons. The standard InChI is InChI=1S/C20H24N2O6S2/c1-9(23)14-13-5-10(11-6-30-7-12(11)16(21)29)15(22(13)17(14)24)18(25)27-8-28-19(26)20(2,3)4/h6-7,9,13-14,23H,5,8H2,1-4H3,(H2,21,29)/t9-,13?,14?/m1/s1. The van der Waals surface area contributed by atoms with Crippen molar-refractivity contribution in [3.8, 4) is 0 Å².